The van der Waals surface area contributed by atoms with E-state index in [0.717, 1.165) is 10.6 Å². The number of thioether (sulfide) groups is 1. The average Bonchev–Trinajstić information content (AvgIpc) is 3.33. The van der Waals surface area contributed by atoms with Crippen LogP contribution >= 0.6 is 23.1 Å². The predicted molar refractivity (Wildman–Crippen MR) is 136 cm³/mol. The van der Waals surface area contributed by atoms with Crippen LogP contribution in [-0.4, -0.2) is 87.3 Å². The minimum absolute atomic E-state index is 0.0797. The standard InChI is InChI=1S/C23H26N4O4S3/c1-32-19-3-2-4-20-21(19)24-23(33-20)26-11-9-25(10-12-26)22(28)17-5-7-18(8-6-17)34(29,30)27-13-15-31-16-14-27/h2-8H,9-16H2,1H3. The van der Waals surface area contributed by atoms with Gasteiger partial charge in [-0.25, -0.2) is 13.4 Å². The summed E-state index contributed by atoms with van der Waals surface area (Å²) >= 11 is 3.38. The van der Waals surface area contributed by atoms with Gasteiger partial charge in [0.15, 0.2) is 5.13 Å². The third-order valence-electron chi connectivity index (χ3n) is 6.14. The molecule has 0 radical (unpaired) electrons. The van der Waals surface area contributed by atoms with Gasteiger partial charge in [-0.05, 0) is 42.7 Å². The van der Waals surface area contributed by atoms with Crippen molar-refractivity contribution < 1.29 is 17.9 Å². The number of ether oxygens (including phenoxy) is 1. The van der Waals surface area contributed by atoms with Gasteiger partial charge in [-0.1, -0.05) is 17.4 Å². The van der Waals surface area contributed by atoms with Crippen LogP contribution in [0.1, 0.15) is 10.4 Å². The summed E-state index contributed by atoms with van der Waals surface area (Å²) < 4.78 is 33.5. The largest absolute Gasteiger partial charge is 0.379 e. The summed E-state index contributed by atoms with van der Waals surface area (Å²) in [6, 6.07) is 12.5. The molecule has 0 bridgehead atoms. The van der Waals surface area contributed by atoms with Crippen molar-refractivity contribution in [3.63, 3.8) is 0 Å². The summed E-state index contributed by atoms with van der Waals surface area (Å²) in [6.07, 6.45) is 2.06. The number of amides is 1. The maximum atomic E-state index is 13.0. The van der Waals surface area contributed by atoms with Crippen LogP contribution in [0.5, 0.6) is 0 Å². The smallest absolute Gasteiger partial charge is 0.253 e. The zero-order chi connectivity index (χ0) is 23.7. The predicted octanol–water partition coefficient (Wildman–Crippen LogP) is 3.00. The van der Waals surface area contributed by atoms with Crippen LogP contribution in [0.4, 0.5) is 5.13 Å². The molecule has 2 aliphatic heterocycles. The zero-order valence-electron chi connectivity index (χ0n) is 18.8. The Balaban J connectivity index is 1.23. The molecule has 34 heavy (non-hydrogen) atoms. The number of nitrogens with zero attached hydrogens (tertiary/aromatic N) is 4. The molecule has 0 atom stereocenters. The van der Waals surface area contributed by atoms with Crippen LogP contribution in [0.25, 0.3) is 10.2 Å². The first-order valence-electron chi connectivity index (χ1n) is 11.1. The Morgan fingerprint density at radius 2 is 1.71 bits per heavy atom. The van der Waals surface area contributed by atoms with Crippen molar-refractivity contribution in [2.24, 2.45) is 0 Å². The number of piperazine rings is 1. The minimum Gasteiger partial charge on any atom is -0.379 e. The zero-order valence-corrected chi connectivity index (χ0v) is 21.3. The summed E-state index contributed by atoms with van der Waals surface area (Å²) in [5.41, 5.74) is 1.54. The van der Waals surface area contributed by atoms with Gasteiger partial charge in [0.25, 0.3) is 5.91 Å². The summed E-state index contributed by atoms with van der Waals surface area (Å²) in [7, 11) is -3.57. The number of hydrogen-bond donors (Lipinski definition) is 0. The quantitative estimate of drug-likeness (QED) is 0.480. The van der Waals surface area contributed by atoms with E-state index in [0.29, 0.717) is 58.0 Å². The fourth-order valence-corrected chi connectivity index (χ4v) is 7.28. The number of morpholine rings is 1. The van der Waals surface area contributed by atoms with Crippen LogP contribution in [0.3, 0.4) is 0 Å². The number of hydrogen-bond acceptors (Lipinski definition) is 8. The van der Waals surface area contributed by atoms with Crippen molar-refractivity contribution in [2.45, 2.75) is 9.79 Å². The topological polar surface area (TPSA) is 83.1 Å². The van der Waals surface area contributed by atoms with Crippen molar-refractivity contribution in [1.29, 1.82) is 0 Å². The fraction of sp³-hybridized carbons (Fsp3) is 0.391. The molecule has 2 saturated heterocycles. The molecule has 8 nitrogen and oxygen atoms in total. The first-order valence-corrected chi connectivity index (χ1v) is 14.6. The molecule has 0 aliphatic carbocycles. The number of carbonyl (C=O) groups is 1. The Kier molecular flexibility index (Phi) is 6.81. The highest BCUT2D eigenvalue weighted by atomic mass is 32.2. The molecule has 0 saturated carbocycles. The van der Waals surface area contributed by atoms with Crippen molar-refractivity contribution in [3.8, 4) is 0 Å². The van der Waals surface area contributed by atoms with E-state index in [1.807, 2.05) is 4.90 Å². The molecule has 1 amide bonds. The van der Waals surface area contributed by atoms with E-state index in [2.05, 4.69) is 29.4 Å². The summed E-state index contributed by atoms with van der Waals surface area (Å²) in [5.74, 6) is -0.0797. The highest BCUT2D eigenvalue weighted by molar-refractivity contribution is 7.98. The molecule has 1 aromatic heterocycles. The molecule has 11 heteroatoms. The molecule has 0 unspecified atom stereocenters. The van der Waals surface area contributed by atoms with E-state index < -0.39 is 10.0 Å². The van der Waals surface area contributed by atoms with Gasteiger partial charge in [-0.15, -0.1) is 11.8 Å². The Morgan fingerprint density at radius 3 is 2.38 bits per heavy atom. The molecule has 2 fully saturated rings. The lowest BCUT2D eigenvalue weighted by atomic mass is 10.2. The SMILES string of the molecule is CSc1cccc2sc(N3CCN(C(=O)c4ccc(S(=O)(=O)N5CCOCC5)cc4)CC3)nc12. The molecule has 0 spiro atoms. The van der Waals surface area contributed by atoms with Crippen molar-refractivity contribution >= 4 is 54.4 Å². The summed E-state index contributed by atoms with van der Waals surface area (Å²) in [4.78, 5) is 23.3. The van der Waals surface area contributed by atoms with Gasteiger partial charge in [0.1, 0.15) is 0 Å². The van der Waals surface area contributed by atoms with Gasteiger partial charge in [0.05, 0.1) is 28.3 Å². The monoisotopic (exact) mass is 518 g/mol. The number of aromatic nitrogens is 1. The molecule has 2 aliphatic rings. The Bertz CT molecular complexity index is 1280. The third kappa shape index (κ3) is 4.55. The van der Waals surface area contributed by atoms with E-state index in [1.54, 1.807) is 35.2 Å². The minimum atomic E-state index is -3.57. The molecule has 3 heterocycles. The van der Waals surface area contributed by atoms with Crippen LogP contribution in [-0.2, 0) is 14.8 Å². The number of thiazole rings is 1. The van der Waals surface area contributed by atoms with E-state index in [-0.39, 0.29) is 10.8 Å². The summed E-state index contributed by atoms with van der Waals surface area (Å²) in [6.45, 7) is 4.11. The molecule has 3 aromatic rings. The van der Waals surface area contributed by atoms with Crippen LogP contribution in [0.2, 0.25) is 0 Å². The first-order chi connectivity index (χ1) is 16.5. The second-order valence-electron chi connectivity index (χ2n) is 8.12. The molecular formula is C23H26N4O4S3. The lowest BCUT2D eigenvalue weighted by Gasteiger charge is -2.34. The lowest BCUT2D eigenvalue weighted by molar-refractivity contribution is 0.0730. The molecule has 0 N–H and O–H groups in total. The Labute approximate surface area is 207 Å². The van der Waals surface area contributed by atoms with Gasteiger partial charge in [0.2, 0.25) is 10.0 Å². The van der Waals surface area contributed by atoms with Crippen LogP contribution < -0.4 is 4.90 Å². The number of carbonyl (C=O) groups excluding carboxylic acids is 1. The maximum absolute atomic E-state index is 13.0. The van der Waals surface area contributed by atoms with Crippen molar-refractivity contribution in [1.82, 2.24) is 14.2 Å². The molecule has 180 valence electrons. The molecule has 2 aromatic carbocycles. The number of sulfonamides is 1. The number of rotatable bonds is 5. The normalized spacial score (nSPS) is 17.9. The first kappa shape index (κ1) is 23.6. The average molecular weight is 519 g/mol. The third-order valence-corrected chi connectivity index (χ3v) is 9.90. The van der Waals surface area contributed by atoms with E-state index in [1.165, 1.54) is 26.0 Å². The van der Waals surface area contributed by atoms with Gasteiger partial charge < -0.3 is 14.5 Å². The number of benzene rings is 2. The number of para-hydroxylation sites is 1. The summed E-state index contributed by atoms with van der Waals surface area (Å²) in [5, 5.41) is 0.987. The fourth-order valence-electron chi connectivity index (χ4n) is 4.20. The molecular weight excluding hydrogens is 492 g/mol. The Morgan fingerprint density at radius 1 is 1.00 bits per heavy atom. The number of fused-ring (bicyclic) bond motifs is 1. The van der Waals surface area contributed by atoms with E-state index in [9.17, 15) is 13.2 Å². The van der Waals surface area contributed by atoms with Crippen LogP contribution in [0, 0.1) is 0 Å². The van der Waals surface area contributed by atoms with Crippen LogP contribution in [0.15, 0.2) is 52.3 Å². The van der Waals surface area contributed by atoms with Crippen molar-refractivity contribution in [2.75, 3.05) is 63.6 Å². The highest BCUT2D eigenvalue weighted by Crippen LogP contribution is 2.34. The number of anilines is 1. The lowest BCUT2D eigenvalue weighted by Crippen LogP contribution is -2.48. The maximum Gasteiger partial charge on any atom is 0.253 e. The van der Waals surface area contributed by atoms with Gasteiger partial charge >= 0.3 is 0 Å². The van der Waals surface area contributed by atoms with Crippen molar-refractivity contribution in [3.05, 3.63) is 48.0 Å². The second kappa shape index (κ2) is 9.82. The van der Waals surface area contributed by atoms with Gasteiger partial charge in [-0.2, -0.15) is 4.31 Å². The van der Waals surface area contributed by atoms with E-state index >= 15 is 0 Å². The van der Waals surface area contributed by atoms with Gasteiger partial charge in [-0.3, -0.25) is 4.79 Å². The Hall–Kier alpha value is -2.18. The molecule has 5 rings (SSSR count). The van der Waals surface area contributed by atoms with Gasteiger partial charge in [0, 0.05) is 49.7 Å². The van der Waals surface area contributed by atoms with E-state index in [4.69, 9.17) is 9.72 Å². The highest BCUT2D eigenvalue weighted by Gasteiger charge is 2.28. The second-order valence-corrected chi connectivity index (χ2v) is 11.9.